The number of methoxy groups -OCH3 is 1. The van der Waals surface area contributed by atoms with Crippen molar-refractivity contribution < 1.29 is 14.6 Å². The molecular formula is C13H15BrO3. The van der Waals surface area contributed by atoms with E-state index in [4.69, 9.17) is 9.84 Å². The summed E-state index contributed by atoms with van der Waals surface area (Å²) < 4.78 is 6.12. The Kier molecular flexibility index (Phi) is 3.17. The molecule has 1 saturated carbocycles. The van der Waals surface area contributed by atoms with Crippen molar-refractivity contribution in [2.45, 2.75) is 31.6 Å². The van der Waals surface area contributed by atoms with E-state index in [1.54, 1.807) is 7.11 Å². The lowest BCUT2D eigenvalue weighted by atomic mass is 9.89. The van der Waals surface area contributed by atoms with Crippen LogP contribution in [0.4, 0.5) is 0 Å². The molecule has 3 nitrogen and oxygen atoms in total. The second-order valence-electron chi connectivity index (χ2n) is 4.65. The van der Waals surface area contributed by atoms with Gasteiger partial charge in [0.25, 0.3) is 0 Å². The predicted molar refractivity (Wildman–Crippen MR) is 68.6 cm³/mol. The van der Waals surface area contributed by atoms with Gasteiger partial charge in [0.2, 0.25) is 0 Å². The van der Waals surface area contributed by atoms with E-state index < -0.39 is 5.97 Å². The minimum absolute atomic E-state index is 0.148. The van der Waals surface area contributed by atoms with Crippen molar-refractivity contribution >= 4 is 21.9 Å². The van der Waals surface area contributed by atoms with Crippen molar-refractivity contribution in [3.05, 3.63) is 27.7 Å². The minimum atomic E-state index is -0.728. The van der Waals surface area contributed by atoms with Gasteiger partial charge in [-0.1, -0.05) is 0 Å². The number of benzene rings is 1. The summed E-state index contributed by atoms with van der Waals surface area (Å²) in [5.74, 6) is 0.0613. The highest BCUT2D eigenvalue weighted by atomic mass is 79.9. The quantitative estimate of drug-likeness (QED) is 0.928. The lowest BCUT2D eigenvalue weighted by molar-refractivity contribution is -0.137. The van der Waals surface area contributed by atoms with Crippen LogP contribution in [0, 0.1) is 6.92 Å². The first-order valence-corrected chi connectivity index (χ1v) is 6.34. The van der Waals surface area contributed by atoms with Crippen LogP contribution in [0.15, 0.2) is 16.6 Å². The summed E-state index contributed by atoms with van der Waals surface area (Å²) in [6.07, 6.45) is 2.13. The Morgan fingerprint density at radius 2 is 2.18 bits per heavy atom. The third-order valence-electron chi connectivity index (χ3n) is 3.41. The van der Waals surface area contributed by atoms with E-state index >= 15 is 0 Å². The number of rotatable bonds is 4. The Morgan fingerprint density at radius 1 is 1.53 bits per heavy atom. The van der Waals surface area contributed by atoms with E-state index in [0.717, 1.165) is 34.2 Å². The van der Waals surface area contributed by atoms with Crippen LogP contribution in [0.3, 0.4) is 0 Å². The first kappa shape index (κ1) is 12.4. The molecule has 0 heterocycles. The molecule has 1 aromatic carbocycles. The van der Waals surface area contributed by atoms with Gasteiger partial charge in [0.1, 0.15) is 5.75 Å². The Hall–Kier alpha value is -1.03. The molecule has 0 amide bonds. The van der Waals surface area contributed by atoms with Crippen LogP contribution in [0.5, 0.6) is 5.75 Å². The third kappa shape index (κ3) is 2.32. The Morgan fingerprint density at radius 3 is 2.65 bits per heavy atom. The summed E-state index contributed by atoms with van der Waals surface area (Å²) >= 11 is 3.46. The van der Waals surface area contributed by atoms with Gasteiger partial charge in [-0.25, -0.2) is 0 Å². The first-order chi connectivity index (χ1) is 7.98. The average Bonchev–Trinajstić information content (AvgIpc) is 3.00. The topological polar surface area (TPSA) is 46.5 Å². The van der Waals surface area contributed by atoms with Crippen LogP contribution in [-0.4, -0.2) is 18.2 Å². The molecule has 4 heteroatoms. The highest BCUT2D eigenvalue weighted by Crippen LogP contribution is 2.53. The summed E-state index contributed by atoms with van der Waals surface area (Å²) in [6, 6.07) is 3.96. The zero-order valence-corrected chi connectivity index (χ0v) is 11.5. The minimum Gasteiger partial charge on any atom is -0.496 e. The van der Waals surface area contributed by atoms with E-state index in [2.05, 4.69) is 15.9 Å². The maximum absolute atomic E-state index is 10.9. The van der Waals surface area contributed by atoms with Gasteiger partial charge < -0.3 is 9.84 Å². The molecule has 0 saturated heterocycles. The largest absolute Gasteiger partial charge is 0.496 e. The molecule has 2 rings (SSSR count). The maximum atomic E-state index is 10.9. The molecule has 1 aliphatic rings. The monoisotopic (exact) mass is 298 g/mol. The molecule has 0 bridgehead atoms. The Labute approximate surface area is 109 Å². The molecule has 1 fully saturated rings. The fraction of sp³-hybridized carbons (Fsp3) is 0.462. The number of carboxylic acid groups (broad SMARTS) is 1. The smallest absolute Gasteiger partial charge is 0.304 e. The fourth-order valence-electron chi connectivity index (χ4n) is 2.36. The van der Waals surface area contributed by atoms with Gasteiger partial charge in [-0.15, -0.1) is 0 Å². The van der Waals surface area contributed by atoms with Crippen molar-refractivity contribution in [1.29, 1.82) is 0 Å². The first-order valence-electron chi connectivity index (χ1n) is 5.55. The molecule has 0 spiro atoms. The number of halogens is 1. The zero-order valence-electron chi connectivity index (χ0n) is 9.92. The lowest BCUT2D eigenvalue weighted by Gasteiger charge is -2.18. The van der Waals surface area contributed by atoms with E-state index in [1.807, 2.05) is 19.1 Å². The molecule has 17 heavy (non-hydrogen) atoms. The Balaban J connectivity index is 2.39. The number of ether oxygens (including phenoxy) is 1. The molecule has 1 aliphatic carbocycles. The van der Waals surface area contributed by atoms with Crippen molar-refractivity contribution in [2.24, 2.45) is 0 Å². The number of hydrogen-bond acceptors (Lipinski definition) is 2. The van der Waals surface area contributed by atoms with E-state index in [0.29, 0.717) is 0 Å². The molecular weight excluding hydrogens is 284 g/mol. The Bertz CT molecular complexity index is 464. The highest BCUT2D eigenvalue weighted by molar-refractivity contribution is 9.10. The molecule has 0 radical (unpaired) electrons. The van der Waals surface area contributed by atoms with Gasteiger partial charge in [0.05, 0.1) is 18.0 Å². The van der Waals surface area contributed by atoms with Gasteiger partial charge in [-0.2, -0.15) is 0 Å². The summed E-state index contributed by atoms with van der Waals surface area (Å²) in [5, 5.41) is 8.97. The molecule has 0 atom stereocenters. The van der Waals surface area contributed by atoms with Gasteiger partial charge in [-0.3, -0.25) is 4.79 Å². The summed E-state index contributed by atoms with van der Waals surface area (Å²) in [7, 11) is 1.63. The normalized spacial score (nSPS) is 16.6. The summed E-state index contributed by atoms with van der Waals surface area (Å²) in [6.45, 7) is 2.01. The average molecular weight is 299 g/mol. The summed E-state index contributed by atoms with van der Waals surface area (Å²) in [4.78, 5) is 10.9. The van der Waals surface area contributed by atoms with Crippen molar-refractivity contribution in [2.75, 3.05) is 7.11 Å². The van der Waals surface area contributed by atoms with Crippen molar-refractivity contribution in [1.82, 2.24) is 0 Å². The molecule has 0 aromatic heterocycles. The van der Waals surface area contributed by atoms with Crippen LogP contribution in [-0.2, 0) is 10.2 Å². The van der Waals surface area contributed by atoms with Gasteiger partial charge in [0, 0.05) is 5.41 Å². The number of aryl methyl sites for hydroxylation is 1. The zero-order chi connectivity index (χ0) is 12.6. The second kappa shape index (κ2) is 4.33. The van der Waals surface area contributed by atoms with Crippen molar-refractivity contribution in [3.8, 4) is 5.75 Å². The molecule has 92 valence electrons. The fourth-order valence-corrected chi connectivity index (χ4v) is 2.87. The molecule has 1 aromatic rings. The summed E-state index contributed by atoms with van der Waals surface area (Å²) in [5.41, 5.74) is 2.08. The van der Waals surface area contributed by atoms with Crippen LogP contribution >= 0.6 is 15.9 Å². The third-order valence-corrected chi connectivity index (χ3v) is 4.03. The van der Waals surface area contributed by atoms with Crippen LogP contribution in [0.2, 0.25) is 0 Å². The van der Waals surface area contributed by atoms with E-state index in [1.165, 1.54) is 0 Å². The van der Waals surface area contributed by atoms with E-state index in [9.17, 15) is 4.79 Å². The van der Waals surface area contributed by atoms with Gasteiger partial charge >= 0.3 is 5.97 Å². The van der Waals surface area contributed by atoms with Crippen molar-refractivity contribution in [3.63, 3.8) is 0 Å². The predicted octanol–water partition coefficient (Wildman–Crippen LogP) is 3.27. The molecule has 0 unspecified atom stereocenters. The SMILES string of the molecule is COc1cc(C)c(C2(CC(=O)O)CC2)cc1Br. The standard InChI is InChI=1S/C13H15BrO3/c1-8-5-11(17-2)10(14)6-9(8)13(3-4-13)7-12(15)16/h5-6H,3-4,7H2,1-2H3,(H,15,16). The lowest BCUT2D eigenvalue weighted by Crippen LogP contribution is -2.14. The molecule has 1 N–H and O–H groups in total. The second-order valence-corrected chi connectivity index (χ2v) is 5.51. The van der Waals surface area contributed by atoms with Crippen LogP contribution < -0.4 is 4.74 Å². The maximum Gasteiger partial charge on any atom is 0.304 e. The number of carbonyl (C=O) groups is 1. The van der Waals surface area contributed by atoms with Crippen LogP contribution in [0.25, 0.3) is 0 Å². The van der Waals surface area contributed by atoms with Crippen LogP contribution in [0.1, 0.15) is 30.4 Å². The molecule has 0 aliphatic heterocycles. The van der Waals surface area contributed by atoms with Gasteiger partial charge in [0.15, 0.2) is 0 Å². The highest BCUT2D eigenvalue weighted by Gasteiger charge is 2.47. The number of hydrogen-bond donors (Lipinski definition) is 1. The number of carboxylic acids is 1. The van der Waals surface area contributed by atoms with E-state index in [-0.39, 0.29) is 11.8 Å². The number of aliphatic carboxylic acids is 1. The van der Waals surface area contributed by atoms with Gasteiger partial charge in [-0.05, 0) is 59.0 Å².